The smallest absolute Gasteiger partial charge is 0.226 e. The van der Waals surface area contributed by atoms with E-state index in [0.717, 1.165) is 21.8 Å². The van der Waals surface area contributed by atoms with Gasteiger partial charge in [-0.25, -0.2) is 4.98 Å². The number of hydrogen-bond acceptors (Lipinski definition) is 4. The first-order valence-electron chi connectivity index (χ1n) is 7.09. The zero-order valence-electron chi connectivity index (χ0n) is 12.4. The lowest BCUT2D eigenvalue weighted by molar-refractivity contribution is -0.120. The summed E-state index contributed by atoms with van der Waals surface area (Å²) in [6.45, 7) is 5.34. The number of hydrogen-bond donors (Lipinski definition) is 2. The van der Waals surface area contributed by atoms with E-state index in [1.54, 1.807) is 11.3 Å². The summed E-state index contributed by atoms with van der Waals surface area (Å²) in [6, 6.07) is 7.97. The van der Waals surface area contributed by atoms with Crippen molar-refractivity contribution in [1.82, 2.24) is 10.3 Å². The van der Waals surface area contributed by atoms with Crippen LogP contribution >= 0.6 is 11.3 Å². The van der Waals surface area contributed by atoms with Crippen molar-refractivity contribution in [3.8, 4) is 10.6 Å². The monoisotopic (exact) mass is 303 g/mol. The van der Waals surface area contributed by atoms with Crippen molar-refractivity contribution in [3.05, 3.63) is 40.9 Å². The van der Waals surface area contributed by atoms with Crippen LogP contribution in [0.3, 0.4) is 0 Å². The van der Waals surface area contributed by atoms with Gasteiger partial charge >= 0.3 is 0 Å². The number of aromatic nitrogens is 1. The zero-order chi connectivity index (χ0) is 15.2. The van der Waals surface area contributed by atoms with Gasteiger partial charge in [-0.1, -0.05) is 38.1 Å². The number of carbonyl (C=O) groups excluding carboxylic acids is 1. The molecule has 1 amide bonds. The van der Waals surface area contributed by atoms with Gasteiger partial charge < -0.3 is 11.1 Å². The summed E-state index contributed by atoms with van der Waals surface area (Å²) >= 11 is 1.55. The van der Waals surface area contributed by atoms with E-state index in [9.17, 15) is 4.79 Å². The van der Waals surface area contributed by atoms with Gasteiger partial charge in [0.25, 0.3) is 0 Å². The number of thiazole rings is 1. The quantitative estimate of drug-likeness (QED) is 0.862. The highest BCUT2D eigenvalue weighted by molar-refractivity contribution is 7.13. The van der Waals surface area contributed by atoms with Gasteiger partial charge in [0.2, 0.25) is 5.91 Å². The number of rotatable bonds is 6. The molecule has 0 fully saturated rings. The summed E-state index contributed by atoms with van der Waals surface area (Å²) in [5.41, 5.74) is 8.69. The van der Waals surface area contributed by atoms with Crippen LogP contribution in [-0.4, -0.2) is 17.4 Å². The van der Waals surface area contributed by atoms with E-state index in [1.165, 1.54) is 0 Å². The van der Waals surface area contributed by atoms with Crippen LogP contribution in [0.15, 0.2) is 29.6 Å². The first-order valence-corrected chi connectivity index (χ1v) is 7.97. The van der Waals surface area contributed by atoms with Gasteiger partial charge in [-0.3, -0.25) is 4.79 Å². The molecule has 3 N–H and O–H groups in total. The van der Waals surface area contributed by atoms with Gasteiger partial charge in [-0.15, -0.1) is 11.3 Å². The molecule has 0 aliphatic carbocycles. The highest BCUT2D eigenvalue weighted by atomic mass is 32.1. The molecule has 0 spiro atoms. The molecule has 0 atom stereocenters. The Labute approximate surface area is 129 Å². The van der Waals surface area contributed by atoms with Crippen LogP contribution in [-0.2, 0) is 17.8 Å². The summed E-state index contributed by atoms with van der Waals surface area (Å²) in [5, 5.41) is 5.77. The van der Waals surface area contributed by atoms with Crippen LogP contribution in [0, 0.1) is 5.92 Å². The van der Waals surface area contributed by atoms with Crippen molar-refractivity contribution in [1.29, 1.82) is 0 Å². The third-order valence-electron chi connectivity index (χ3n) is 3.07. The maximum absolute atomic E-state index is 11.8. The fraction of sp³-hybridized carbons (Fsp3) is 0.375. The molecule has 0 radical (unpaired) electrons. The normalized spacial score (nSPS) is 10.9. The summed E-state index contributed by atoms with van der Waals surface area (Å²) < 4.78 is 0. The summed E-state index contributed by atoms with van der Waals surface area (Å²) in [4.78, 5) is 16.4. The number of amides is 1. The second-order valence-corrected chi connectivity index (χ2v) is 6.24. The van der Waals surface area contributed by atoms with Crippen LogP contribution in [0.1, 0.15) is 25.1 Å². The second-order valence-electron chi connectivity index (χ2n) is 5.38. The SMILES string of the molecule is CC(C)CNC(=O)Cc1csc(-c2ccccc2CN)n1. The molecule has 0 saturated heterocycles. The van der Waals surface area contributed by atoms with Crippen molar-refractivity contribution < 1.29 is 4.79 Å². The van der Waals surface area contributed by atoms with Crippen LogP contribution in [0.25, 0.3) is 10.6 Å². The molecule has 0 saturated carbocycles. The minimum Gasteiger partial charge on any atom is -0.356 e. The Balaban J connectivity index is 2.06. The molecule has 4 nitrogen and oxygen atoms in total. The maximum Gasteiger partial charge on any atom is 0.226 e. The van der Waals surface area contributed by atoms with E-state index >= 15 is 0 Å². The Morgan fingerprint density at radius 3 is 2.86 bits per heavy atom. The van der Waals surface area contributed by atoms with E-state index in [1.807, 2.05) is 29.6 Å². The summed E-state index contributed by atoms with van der Waals surface area (Å²) in [5.74, 6) is 0.476. The van der Waals surface area contributed by atoms with E-state index in [4.69, 9.17) is 5.73 Å². The van der Waals surface area contributed by atoms with Gasteiger partial charge in [0, 0.05) is 24.0 Å². The molecule has 0 aliphatic heterocycles. The molecule has 0 bridgehead atoms. The van der Waals surface area contributed by atoms with Crippen molar-refractivity contribution in [2.45, 2.75) is 26.8 Å². The first kappa shape index (κ1) is 15.7. The minimum atomic E-state index is 0.0210. The van der Waals surface area contributed by atoms with Crippen LogP contribution in [0.4, 0.5) is 0 Å². The standard InChI is InChI=1S/C16H21N3OS/c1-11(2)9-18-15(20)7-13-10-21-16(19-13)14-6-4-3-5-12(14)8-17/h3-6,10-11H,7-9,17H2,1-2H3,(H,18,20). The molecule has 1 heterocycles. The Bertz CT molecular complexity index is 607. The number of nitrogens with one attached hydrogen (secondary N) is 1. The summed E-state index contributed by atoms with van der Waals surface area (Å²) in [6.07, 6.45) is 0.327. The lowest BCUT2D eigenvalue weighted by Gasteiger charge is -2.06. The van der Waals surface area contributed by atoms with Gasteiger partial charge in [0.15, 0.2) is 0 Å². The Kier molecular flexibility index (Phi) is 5.47. The third-order valence-corrected chi connectivity index (χ3v) is 3.99. The number of nitrogens with two attached hydrogens (primary N) is 1. The van der Waals surface area contributed by atoms with Crippen LogP contribution in [0.5, 0.6) is 0 Å². The molecule has 2 aromatic rings. The summed E-state index contributed by atoms with van der Waals surface area (Å²) in [7, 11) is 0. The van der Waals surface area contributed by atoms with Gasteiger partial charge in [-0.05, 0) is 11.5 Å². The maximum atomic E-state index is 11.8. The lowest BCUT2D eigenvalue weighted by Crippen LogP contribution is -2.28. The molecule has 1 aromatic carbocycles. The number of benzene rings is 1. The minimum absolute atomic E-state index is 0.0210. The average Bonchev–Trinajstić information content (AvgIpc) is 2.93. The van der Waals surface area contributed by atoms with Gasteiger partial charge in [-0.2, -0.15) is 0 Å². The van der Waals surface area contributed by atoms with Crippen molar-refractivity contribution in [2.75, 3.05) is 6.54 Å². The van der Waals surface area contributed by atoms with E-state index < -0.39 is 0 Å². The Hall–Kier alpha value is -1.72. The van der Waals surface area contributed by atoms with Crippen LogP contribution < -0.4 is 11.1 Å². The van der Waals surface area contributed by atoms with Crippen molar-refractivity contribution in [3.63, 3.8) is 0 Å². The molecule has 5 heteroatoms. The Morgan fingerprint density at radius 1 is 1.38 bits per heavy atom. The Morgan fingerprint density at radius 2 is 2.14 bits per heavy atom. The molecule has 21 heavy (non-hydrogen) atoms. The molecular formula is C16H21N3OS. The number of carbonyl (C=O) groups is 1. The molecule has 0 unspecified atom stereocenters. The van der Waals surface area contributed by atoms with E-state index in [-0.39, 0.29) is 5.91 Å². The first-order chi connectivity index (χ1) is 10.1. The molecule has 0 aliphatic rings. The molecule has 2 rings (SSSR count). The van der Waals surface area contributed by atoms with Crippen molar-refractivity contribution >= 4 is 17.2 Å². The number of nitrogens with zero attached hydrogens (tertiary/aromatic N) is 1. The fourth-order valence-electron chi connectivity index (χ4n) is 1.96. The molecular weight excluding hydrogens is 282 g/mol. The predicted octanol–water partition coefficient (Wildman–Crippen LogP) is 2.58. The third kappa shape index (κ3) is 4.37. The highest BCUT2D eigenvalue weighted by Crippen LogP contribution is 2.27. The molecule has 1 aromatic heterocycles. The highest BCUT2D eigenvalue weighted by Gasteiger charge is 2.11. The molecule has 112 valence electrons. The second kappa shape index (κ2) is 7.33. The largest absolute Gasteiger partial charge is 0.356 e. The predicted molar refractivity (Wildman–Crippen MR) is 87.0 cm³/mol. The van der Waals surface area contributed by atoms with Gasteiger partial charge in [0.05, 0.1) is 12.1 Å². The topological polar surface area (TPSA) is 68.0 Å². The van der Waals surface area contributed by atoms with Crippen LogP contribution in [0.2, 0.25) is 0 Å². The zero-order valence-corrected chi connectivity index (χ0v) is 13.2. The van der Waals surface area contributed by atoms with E-state index in [0.29, 0.717) is 25.4 Å². The average molecular weight is 303 g/mol. The lowest BCUT2D eigenvalue weighted by atomic mass is 10.1. The van der Waals surface area contributed by atoms with Gasteiger partial charge in [0.1, 0.15) is 5.01 Å². The van der Waals surface area contributed by atoms with Crippen molar-refractivity contribution in [2.24, 2.45) is 11.7 Å². The van der Waals surface area contributed by atoms with E-state index in [2.05, 4.69) is 24.1 Å². The fourth-order valence-corrected chi connectivity index (χ4v) is 2.84.